The van der Waals surface area contributed by atoms with Gasteiger partial charge in [-0.3, -0.25) is 9.59 Å². The molecule has 98 valence electrons. The van der Waals surface area contributed by atoms with Gasteiger partial charge in [0.05, 0.1) is 18.4 Å². The van der Waals surface area contributed by atoms with Gasteiger partial charge in [-0.2, -0.15) is 0 Å². The fourth-order valence-corrected chi connectivity index (χ4v) is 2.69. The van der Waals surface area contributed by atoms with E-state index in [-0.39, 0.29) is 18.2 Å². The summed E-state index contributed by atoms with van der Waals surface area (Å²) >= 11 is 1.34. The minimum absolute atomic E-state index is 0.00943. The molecule has 0 atom stereocenters. The molecule has 0 aliphatic rings. The Morgan fingerprint density at radius 3 is 2.68 bits per heavy atom. The molecule has 2 aromatic rings. The van der Waals surface area contributed by atoms with Crippen molar-refractivity contribution in [3.05, 3.63) is 57.3 Å². The molecule has 0 radical (unpaired) electrons. The lowest BCUT2D eigenvalue weighted by atomic mass is 10.1. The average molecular weight is 274 g/mol. The molecule has 0 N–H and O–H groups in total. The fourth-order valence-electron chi connectivity index (χ4n) is 1.74. The van der Waals surface area contributed by atoms with E-state index in [0.717, 1.165) is 10.4 Å². The first-order chi connectivity index (χ1) is 9.10. The third-order valence-corrected chi connectivity index (χ3v) is 3.80. The van der Waals surface area contributed by atoms with Crippen LogP contribution in [0.4, 0.5) is 0 Å². The van der Waals surface area contributed by atoms with Crippen molar-refractivity contribution >= 4 is 23.1 Å². The van der Waals surface area contributed by atoms with Gasteiger partial charge in [-0.15, -0.1) is 11.3 Å². The molecule has 1 aromatic heterocycles. The Balaban J connectivity index is 2.18. The minimum Gasteiger partial charge on any atom is -0.469 e. The van der Waals surface area contributed by atoms with Crippen LogP contribution in [0.15, 0.2) is 36.4 Å². The van der Waals surface area contributed by atoms with E-state index < -0.39 is 0 Å². The molecule has 2 rings (SSSR count). The molecule has 0 aliphatic heterocycles. The normalized spacial score (nSPS) is 10.2. The average Bonchev–Trinajstić information content (AvgIpc) is 2.86. The highest BCUT2D eigenvalue weighted by Crippen LogP contribution is 2.21. The predicted octanol–water partition coefficient (Wildman–Crippen LogP) is 3.00. The molecule has 0 amide bonds. The smallest absolute Gasteiger partial charge is 0.310 e. The quantitative estimate of drug-likeness (QED) is 0.636. The van der Waals surface area contributed by atoms with E-state index in [1.54, 1.807) is 18.2 Å². The fraction of sp³-hybridized carbons (Fsp3) is 0.200. The number of esters is 1. The maximum absolute atomic E-state index is 12.3. The first-order valence-electron chi connectivity index (χ1n) is 5.87. The topological polar surface area (TPSA) is 43.4 Å². The Morgan fingerprint density at radius 1 is 1.21 bits per heavy atom. The number of methoxy groups -OCH3 is 1. The van der Waals surface area contributed by atoms with Gasteiger partial charge in [0.25, 0.3) is 0 Å². The van der Waals surface area contributed by atoms with Crippen molar-refractivity contribution in [3.8, 4) is 0 Å². The standard InChI is InChI=1S/C15H14O3S/c1-10-4-3-5-11(8-10)15(17)13-7-6-12(19-13)9-14(16)18-2/h3-8H,9H2,1-2H3. The zero-order valence-electron chi connectivity index (χ0n) is 10.8. The van der Waals surface area contributed by atoms with Crippen LogP contribution < -0.4 is 0 Å². The van der Waals surface area contributed by atoms with Crippen LogP contribution in [0.2, 0.25) is 0 Å². The molecule has 19 heavy (non-hydrogen) atoms. The van der Waals surface area contributed by atoms with Crippen LogP contribution in [0.25, 0.3) is 0 Å². The number of ketones is 1. The maximum atomic E-state index is 12.3. The number of carbonyl (C=O) groups is 2. The van der Waals surface area contributed by atoms with Gasteiger partial charge >= 0.3 is 5.97 Å². The highest BCUT2D eigenvalue weighted by atomic mass is 32.1. The van der Waals surface area contributed by atoms with Gasteiger partial charge in [0.15, 0.2) is 0 Å². The second-order valence-corrected chi connectivity index (χ2v) is 5.39. The van der Waals surface area contributed by atoms with Crippen molar-refractivity contribution in [2.75, 3.05) is 7.11 Å². The molecular formula is C15H14O3S. The number of benzene rings is 1. The summed E-state index contributed by atoms with van der Waals surface area (Å²) in [6.07, 6.45) is 0.211. The van der Waals surface area contributed by atoms with Crippen LogP contribution >= 0.6 is 11.3 Å². The summed E-state index contributed by atoms with van der Waals surface area (Å²) in [6, 6.07) is 11.0. The number of hydrogen-bond donors (Lipinski definition) is 0. The van der Waals surface area contributed by atoms with Crippen molar-refractivity contribution in [1.82, 2.24) is 0 Å². The molecule has 0 unspecified atom stereocenters. The van der Waals surface area contributed by atoms with Gasteiger partial charge in [0.2, 0.25) is 5.78 Å². The van der Waals surface area contributed by atoms with Crippen LogP contribution in [-0.4, -0.2) is 18.9 Å². The summed E-state index contributed by atoms with van der Waals surface area (Å²) in [4.78, 5) is 24.9. The summed E-state index contributed by atoms with van der Waals surface area (Å²) in [5.74, 6) is -0.304. The number of carbonyl (C=O) groups excluding carboxylic acids is 2. The summed E-state index contributed by atoms with van der Waals surface area (Å²) in [7, 11) is 1.36. The molecule has 0 fully saturated rings. The molecule has 1 aromatic carbocycles. The maximum Gasteiger partial charge on any atom is 0.310 e. The third kappa shape index (κ3) is 3.29. The van der Waals surface area contributed by atoms with E-state index in [0.29, 0.717) is 10.4 Å². The zero-order valence-corrected chi connectivity index (χ0v) is 11.6. The van der Waals surface area contributed by atoms with Gasteiger partial charge in [-0.05, 0) is 25.1 Å². The van der Waals surface area contributed by atoms with Gasteiger partial charge < -0.3 is 4.74 Å². The Bertz CT molecular complexity index is 613. The number of thiophene rings is 1. The molecule has 1 heterocycles. The summed E-state index contributed by atoms with van der Waals surface area (Å²) in [5.41, 5.74) is 1.73. The van der Waals surface area contributed by atoms with Crippen molar-refractivity contribution in [2.45, 2.75) is 13.3 Å². The first kappa shape index (κ1) is 13.5. The molecule has 3 nitrogen and oxygen atoms in total. The minimum atomic E-state index is -0.295. The highest BCUT2D eigenvalue weighted by molar-refractivity contribution is 7.14. The Kier molecular flexibility index (Phi) is 4.12. The van der Waals surface area contributed by atoms with Crippen LogP contribution in [0.5, 0.6) is 0 Å². The molecule has 0 aliphatic carbocycles. The largest absolute Gasteiger partial charge is 0.469 e. The second kappa shape index (κ2) is 5.80. The van der Waals surface area contributed by atoms with E-state index in [2.05, 4.69) is 4.74 Å². The number of hydrogen-bond acceptors (Lipinski definition) is 4. The van der Waals surface area contributed by atoms with E-state index in [4.69, 9.17) is 0 Å². The van der Waals surface area contributed by atoms with Gasteiger partial charge in [-0.25, -0.2) is 0 Å². The van der Waals surface area contributed by atoms with Crippen LogP contribution in [0.1, 0.15) is 25.7 Å². The molecule has 0 saturated heterocycles. The molecule has 0 spiro atoms. The summed E-state index contributed by atoms with van der Waals surface area (Å²) in [6.45, 7) is 1.95. The van der Waals surface area contributed by atoms with Gasteiger partial charge in [-0.1, -0.05) is 23.8 Å². The summed E-state index contributed by atoms with van der Waals surface area (Å²) < 4.78 is 4.61. The molecular weight excluding hydrogens is 260 g/mol. The lowest BCUT2D eigenvalue weighted by Gasteiger charge is -1.99. The third-order valence-electron chi connectivity index (χ3n) is 2.71. The van der Waals surface area contributed by atoms with Gasteiger partial charge in [0, 0.05) is 10.4 Å². The van der Waals surface area contributed by atoms with Gasteiger partial charge in [0.1, 0.15) is 0 Å². The van der Waals surface area contributed by atoms with E-state index >= 15 is 0 Å². The Morgan fingerprint density at radius 2 is 2.00 bits per heavy atom. The monoisotopic (exact) mass is 274 g/mol. The first-order valence-corrected chi connectivity index (χ1v) is 6.68. The van der Waals surface area contributed by atoms with Crippen molar-refractivity contribution in [2.24, 2.45) is 0 Å². The van der Waals surface area contributed by atoms with Crippen molar-refractivity contribution < 1.29 is 14.3 Å². The van der Waals surface area contributed by atoms with Crippen molar-refractivity contribution in [1.29, 1.82) is 0 Å². The van der Waals surface area contributed by atoms with Crippen LogP contribution in [-0.2, 0) is 16.0 Å². The van der Waals surface area contributed by atoms with E-state index in [1.807, 2.05) is 25.1 Å². The zero-order chi connectivity index (χ0) is 13.8. The highest BCUT2D eigenvalue weighted by Gasteiger charge is 2.13. The lowest BCUT2D eigenvalue weighted by molar-refractivity contribution is -0.139. The lowest BCUT2D eigenvalue weighted by Crippen LogP contribution is -2.02. The van der Waals surface area contributed by atoms with E-state index in [9.17, 15) is 9.59 Å². The number of rotatable bonds is 4. The SMILES string of the molecule is COC(=O)Cc1ccc(C(=O)c2cccc(C)c2)s1. The number of ether oxygens (including phenoxy) is 1. The molecule has 0 bridgehead atoms. The summed E-state index contributed by atoms with van der Waals surface area (Å²) in [5, 5.41) is 0. The Labute approximate surface area is 115 Å². The molecule has 0 saturated carbocycles. The molecule has 4 heteroatoms. The second-order valence-electron chi connectivity index (χ2n) is 4.22. The van der Waals surface area contributed by atoms with Crippen LogP contribution in [0, 0.1) is 6.92 Å². The van der Waals surface area contributed by atoms with Crippen LogP contribution in [0.3, 0.4) is 0 Å². The Hall–Kier alpha value is -1.94. The predicted molar refractivity (Wildman–Crippen MR) is 74.7 cm³/mol. The van der Waals surface area contributed by atoms with E-state index in [1.165, 1.54) is 18.4 Å². The van der Waals surface area contributed by atoms with Crippen molar-refractivity contribution in [3.63, 3.8) is 0 Å². The number of aryl methyl sites for hydroxylation is 1.